The fraction of sp³-hybridized carbons (Fsp3) is 0.364. The largest absolute Gasteiger partial charge is 2.00 e. The quantitative estimate of drug-likeness (QED) is 0.414. The van der Waals surface area contributed by atoms with Gasteiger partial charge in [-0.05, 0) is 77.0 Å². The molecule has 0 spiro atoms. The van der Waals surface area contributed by atoms with Gasteiger partial charge in [0.05, 0.1) is 0 Å². The molecular weight excluding hydrogens is 355 g/mol. The van der Waals surface area contributed by atoms with Gasteiger partial charge in [-0.3, -0.25) is 0 Å². The molecule has 2 saturated carbocycles. The molecule has 0 saturated heterocycles. The van der Waals surface area contributed by atoms with E-state index in [0.29, 0.717) is 11.8 Å². The van der Waals surface area contributed by atoms with E-state index in [1.54, 1.807) is 11.1 Å². The first-order valence-corrected chi connectivity index (χ1v) is 8.38. The fourth-order valence-electron chi connectivity index (χ4n) is 2.69. The van der Waals surface area contributed by atoms with Crippen LogP contribution in [0.15, 0.2) is 11.1 Å². The maximum Gasteiger partial charge on any atom is 2.00 e. The molecule has 2 atom stereocenters. The minimum atomic E-state index is 0. The average Bonchev–Trinajstić information content (AvgIpc) is 3.27. The maximum absolute atomic E-state index is 4.15. The molecule has 3 aliphatic rings. The van der Waals surface area contributed by atoms with Gasteiger partial charge in [0.25, 0.3) is 0 Å². The van der Waals surface area contributed by atoms with Crippen LogP contribution in [0.3, 0.4) is 0 Å². The minimum absolute atomic E-state index is 0. The smallest absolute Gasteiger partial charge is 0.342 e. The zero-order valence-corrected chi connectivity index (χ0v) is 17.1. The zero-order valence-electron chi connectivity index (χ0n) is 14.7. The van der Waals surface area contributed by atoms with Gasteiger partial charge >= 0.3 is 26.2 Å². The van der Waals surface area contributed by atoms with Crippen LogP contribution in [-0.4, -0.2) is 0 Å². The van der Waals surface area contributed by atoms with Crippen LogP contribution in [0, 0.1) is 89.9 Å². The molecule has 0 aromatic heterocycles. The van der Waals surface area contributed by atoms with Crippen molar-refractivity contribution in [3.05, 3.63) is 89.2 Å². The van der Waals surface area contributed by atoms with Gasteiger partial charge in [0.1, 0.15) is 0 Å². The zero-order chi connectivity index (χ0) is 16.2. The second-order valence-electron chi connectivity index (χ2n) is 5.77. The molecule has 0 nitrogen and oxygen atoms in total. The van der Waals surface area contributed by atoms with Crippen molar-refractivity contribution in [3.63, 3.8) is 0 Å². The normalized spacial score (nSPS) is 26.6. The Balaban J connectivity index is 0.000000362. The summed E-state index contributed by atoms with van der Waals surface area (Å²) in [5.41, 5.74) is 3.30. The fourth-order valence-corrected chi connectivity index (χ4v) is 2.69. The summed E-state index contributed by atoms with van der Waals surface area (Å²) in [6, 6.07) is 0. The van der Waals surface area contributed by atoms with Crippen LogP contribution in [-0.2, 0) is 26.2 Å². The monoisotopic (exact) mass is 384 g/mol. The first-order chi connectivity index (χ1) is 10.7. The summed E-state index contributed by atoms with van der Waals surface area (Å²) in [7, 11) is 0. The summed E-state index contributed by atoms with van der Waals surface area (Å²) in [4.78, 5) is 0. The predicted molar refractivity (Wildman–Crippen MR) is 97.5 cm³/mol. The molecule has 0 aromatic rings. The van der Waals surface area contributed by atoms with Gasteiger partial charge in [0.2, 0.25) is 0 Å². The molecule has 10 radical (unpaired) electrons. The molecule has 3 aliphatic carbocycles. The summed E-state index contributed by atoms with van der Waals surface area (Å²) >= 11 is 0. The molecular formula is C22H30Zr. The molecule has 0 heterocycles. The van der Waals surface area contributed by atoms with E-state index in [1.165, 1.54) is 25.7 Å². The van der Waals surface area contributed by atoms with Crippen molar-refractivity contribution >= 4 is 0 Å². The molecule has 1 heteroatoms. The first kappa shape index (κ1) is 23.6. The molecule has 0 aromatic carbocycles. The van der Waals surface area contributed by atoms with Gasteiger partial charge in [-0.25, -0.2) is 0 Å². The van der Waals surface area contributed by atoms with Crippen LogP contribution >= 0.6 is 0 Å². The van der Waals surface area contributed by atoms with Gasteiger partial charge in [-0.1, -0.05) is 37.8 Å². The van der Waals surface area contributed by atoms with Crippen LogP contribution in [0.4, 0.5) is 0 Å². The second kappa shape index (κ2) is 14.9. The van der Waals surface area contributed by atoms with E-state index in [9.17, 15) is 0 Å². The summed E-state index contributed by atoms with van der Waals surface area (Å²) in [5, 5.41) is 0. The van der Waals surface area contributed by atoms with Crippen molar-refractivity contribution in [2.45, 2.75) is 39.5 Å². The third-order valence-corrected chi connectivity index (χ3v) is 4.15. The van der Waals surface area contributed by atoms with Crippen molar-refractivity contribution < 1.29 is 26.2 Å². The second-order valence-corrected chi connectivity index (χ2v) is 5.77. The Morgan fingerprint density at radius 3 is 1.04 bits per heavy atom. The third kappa shape index (κ3) is 10.3. The number of rotatable bonds is 2. The SMILES string of the molecule is [CH2-][C@@H]1CC(CC)=C(CC)C[C@@H]1[CH2-].[CH]1[CH][CH][CH][CH]1.[CH]1[CH][CH][CH][CH]1.[Zr+2]. The Kier molecular flexibility index (Phi) is 15.3. The van der Waals surface area contributed by atoms with Gasteiger partial charge in [0, 0.05) is 0 Å². The Morgan fingerprint density at radius 1 is 0.652 bits per heavy atom. The van der Waals surface area contributed by atoms with Crippen molar-refractivity contribution in [3.8, 4) is 0 Å². The Labute approximate surface area is 166 Å². The molecule has 0 aliphatic heterocycles. The van der Waals surface area contributed by atoms with Gasteiger partial charge < -0.3 is 13.8 Å². The van der Waals surface area contributed by atoms with E-state index in [-0.39, 0.29) is 26.2 Å². The Morgan fingerprint density at radius 2 is 0.870 bits per heavy atom. The molecule has 0 amide bonds. The Bertz CT molecular complexity index is 252. The van der Waals surface area contributed by atoms with E-state index in [0.717, 1.165) is 0 Å². The predicted octanol–water partition coefficient (Wildman–Crippen LogP) is 5.84. The average molecular weight is 386 g/mol. The van der Waals surface area contributed by atoms with Crippen molar-refractivity contribution in [2.24, 2.45) is 11.8 Å². The first-order valence-electron chi connectivity index (χ1n) is 8.38. The van der Waals surface area contributed by atoms with E-state index < -0.39 is 0 Å². The van der Waals surface area contributed by atoms with Crippen LogP contribution in [0.25, 0.3) is 0 Å². The molecule has 2 fully saturated rings. The van der Waals surface area contributed by atoms with Crippen LogP contribution in [0.5, 0.6) is 0 Å². The molecule has 0 N–H and O–H groups in total. The molecule has 0 unspecified atom stereocenters. The van der Waals surface area contributed by atoms with Crippen molar-refractivity contribution in [1.29, 1.82) is 0 Å². The van der Waals surface area contributed by atoms with Gasteiger partial charge in [0.15, 0.2) is 0 Å². The van der Waals surface area contributed by atoms with Gasteiger partial charge in [-0.15, -0.1) is 0 Å². The van der Waals surface area contributed by atoms with Crippen LogP contribution < -0.4 is 0 Å². The standard InChI is InChI=1S/C12H20.2C5H5.Zr/c1-5-11-7-9(3)10(4)8-12(11)6-2;2*1-2-4-5-3-1;/h9-10H,3-8H2,1-2H3;2*1-5H;/q-2;;;+2/t9-,10+;;;. The third-order valence-electron chi connectivity index (χ3n) is 4.15. The maximum atomic E-state index is 4.15. The summed E-state index contributed by atoms with van der Waals surface area (Å²) < 4.78 is 0. The van der Waals surface area contributed by atoms with E-state index in [1.807, 2.05) is 64.2 Å². The summed E-state index contributed by atoms with van der Waals surface area (Å²) in [6.07, 6.45) is 24.8. The van der Waals surface area contributed by atoms with E-state index >= 15 is 0 Å². The molecule has 3 rings (SSSR count). The van der Waals surface area contributed by atoms with Crippen LogP contribution in [0.1, 0.15) is 39.5 Å². The molecule has 0 bridgehead atoms. The van der Waals surface area contributed by atoms with Gasteiger partial charge in [-0.2, -0.15) is 11.8 Å². The molecule has 122 valence electrons. The Hall–Kier alpha value is 0.623. The molecule has 23 heavy (non-hydrogen) atoms. The van der Waals surface area contributed by atoms with Crippen LogP contribution in [0.2, 0.25) is 0 Å². The van der Waals surface area contributed by atoms with Crippen molar-refractivity contribution in [1.82, 2.24) is 0 Å². The topological polar surface area (TPSA) is 0 Å². The summed E-state index contributed by atoms with van der Waals surface area (Å²) in [6.45, 7) is 12.8. The number of hydrogen-bond acceptors (Lipinski definition) is 0. The van der Waals surface area contributed by atoms with E-state index in [2.05, 4.69) is 27.7 Å². The number of allylic oxidation sites excluding steroid dienone is 2. The summed E-state index contributed by atoms with van der Waals surface area (Å²) in [5.74, 6) is 1.10. The van der Waals surface area contributed by atoms with Crippen molar-refractivity contribution in [2.75, 3.05) is 0 Å². The van der Waals surface area contributed by atoms with E-state index in [4.69, 9.17) is 0 Å². The minimum Gasteiger partial charge on any atom is -0.342 e. The number of hydrogen-bond donors (Lipinski definition) is 0.